The summed E-state index contributed by atoms with van der Waals surface area (Å²) >= 11 is 0. The first-order valence-corrected chi connectivity index (χ1v) is 8.36. The van der Waals surface area contributed by atoms with Gasteiger partial charge in [-0.1, -0.05) is 24.3 Å². The van der Waals surface area contributed by atoms with Crippen LogP contribution in [0, 0.1) is 0 Å². The third-order valence-corrected chi connectivity index (χ3v) is 4.46. The van der Waals surface area contributed by atoms with E-state index in [0.717, 1.165) is 25.2 Å². The van der Waals surface area contributed by atoms with Gasteiger partial charge in [0.15, 0.2) is 0 Å². The summed E-state index contributed by atoms with van der Waals surface area (Å²) in [5, 5.41) is 3.07. The molecule has 1 N–H and O–H groups in total. The van der Waals surface area contributed by atoms with Crippen molar-refractivity contribution in [1.29, 1.82) is 0 Å². The zero-order valence-electron chi connectivity index (χ0n) is 14.0. The average Bonchev–Trinajstić information content (AvgIpc) is 3.14. The van der Waals surface area contributed by atoms with Gasteiger partial charge in [-0.15, -0.1) is 0 Å². The summed E-state index contributed by atoms with van der Waals surface area (Å²) in [6, 6.07) is 8.05. The van der Waals surface area contributed by atoms with Gasteiger partial charge in [0.2, 0.25) is 5.91 Å². The second-order valence-corrected chi connectivity index (χ2v) is 6.05. The van der Waals surface area contributed by atoms with Gasteiger partial charge in [-0.2, -0.15) is 0 Å². The Hall–Kier alpha value is -2.18. The second-order valence-electron chi connectivity index (χ2n) is 6.05. The van der Waals surface area contributed by atoms with Crippen molar-refractivity contribution in [3.63, 3.8) is 0 Å². The summed E-state index contributed by atoms with van der Waals surface area (Å²) < 4.78 is 7.37. The quantitative estimate of drug-likeness (QED) is 0.867. The van der Waals surface area contributed by atoms with Gasteiger partial charge in [0.05, 0.1) is 25.6 Å². The number of ether oxygens (including phenoxy) is 1. The predicted molar refractivity (Wildman–Crippen MR) is 91.5 cm³/mol. The van der Waals surface area contributed by atoms with Crippen molar-refractivity contribution < 1.29 is 9.53 Å². The van der Waals surface area contributed by atoms with E-state index in [1.165, 1.54) is 5.56 Å². The van der Waals surface area contributed by atoms with E-state index < -0.39 is 0 Å². The normalized spacial score (nSPS) is 16.7. The minimum absolute atomic E-state index is 0.0642. The number of carbonyl (C=O) groups is 1. The van der Waals surface area contributed by atoms with Crippen LogP contribution in [0.1, 0.15) is 18.1 Å². The molecule has 1 aromatic heterocycles. The van der Waals surface area contributed by atoms with Crippen LogP contribution in [0.25, 0.3) is 0 Å². The van der Waals surface area contributed by atoms with Crippen LogP contribution in [0.5, 0.6) is 0 Å². The maximum atomic E-state index is 12.4. The number of amides is 1. The Bertz CT molecular complexity index is 651. The lowest BCUT2D eigenvalue weighted by molar-refractivity contribution is -0.127. The Morgan fingerprint density at radius 2 is 2.04 bits per heavy atom. The molecule has 1 aromatic carbocycles. The van der Waals surface area contributed by atoms with Crippen molar-refractivity contribution in [2.75, 3.05) is 26.3 Å². The number of aromatic nitrogens is 2. The first-order chi connectivity index (χ1) is 11.7. The van der Waals surface area contributed by atoms with Gasteiger partial charge in [-0.05, 0) is 18.1 Å². The molecule has 1 aliphatic heterocycles. The monoisotopic (exact) mass is 328 g/mol. The molecule has 0 bridgehead atoms. The number of nitrogens with zero attached hydrogens (tertiary/aromatic N) is 3. The molecule has 2 heterocycles. The van der Waals surface area contributed by atoms with Crippen molar-refractivity contribution in [3.05, 3.63) is 54.1 Å². The van der Waals surface area contributed by atoms with Gasteiger partial charge >= 0.3 is 0 Å². The number of rotatable bonds is 6. The number of carbonyl (C=O) groups excluding carboxylic acids is 1. The highest BCUT2D eigenvalue weighted by Gasteiger charge is 2.22. The van der Waals surface area contributed by atoms with Crippen LogP contribution in [0.2, 0.25) is 0 Å². The van der Waals surface area contributed by atoms with Crippen LogP contribution < -0.4 is 5.32 Å². The van der Waals surface area contributed by atoms with Crippen LogP contribution in [-0.4, -0.2) is 52.7 Å². The summed E-state index contributed by atoms with van der Waals surface area (Å²) in [7, 11) is 0. The van der Waals surface area contributed by atoms with Crippen LogP contribution >= 0.6 is 0 Å². The molecule has 1 amide bonds. The van der Waals surface area contributed by atoms with Crippen molar-refractivity contribution in [2.24, 2.45) is 0 Å². The first-order valence-electron chi connectivity index (χ1n) is 8.36. The summed E-state index contributed by atoms with van der Waals surface area (Å²) in [6.45, 7) is 6.27. The fraction of sp³-hybridized carbons (Fsp3) is 0.444. The summed E-state index contributed by atoms with van der Waals surface area (Å²) in [4.78, 5) is 18.7. The Morgan fingerprint density at radius 3 is 2.75 bits per heavy atom. The zero-order chi connectivity index (χ0) is 16.8. The molecule has 1 saturated heterocycles. The van der Waals surface area contributed by atoms with Crippen LogP contribution in [0.3, 0.4) is 0 Å². The minimum Gasteiger partial charge on any atom is -0.379 e. The number of hydrogen-bond acceptors (Lipinski definition) is 4. The molecule has 0 spiro atoms. The van der Waals surface area contributed by atoms with E-state index >= 15 is 0 Å². The predicted octanol–water partition coefficient (Wildman–Crippen LogP) is 1.27. The van der Waals surface area contributed by atoms with E-state index in [4.69, 9.17) is 4.74 Å². The molecule has 2 aromatic rings. The molecule has 6 heteroatoms. The summed E-state index contributed by atoms with van der Waals surface area (Å²) in [6.07, 6.45) is 5.51. The number of benzene rings is 1. The van der Waals surface area contributed by atoms with Crippen LogP contribution in [0.4, 0.5) is 0 Å². The van der Waals surface area contributed by atoms with Crippen LogP contribution in [0.15, 0.2) is 43.0 Å². The highest BCUT2D eigenvalue weighted by molar-refractivity contribution is 5.81. The van der Waals surface area contributed by atoms with Gasteiger partial charge in [0.25, 0.3) is 0 Å². The number of hydrogen-bond donors (Lipinski definition) is 1. The third kappa shape index (κ3) is 4.21. The third-order valence-electron chi connectivity index (χ3n) is 4.46. The van der Waals surface area contributed by atoms with Gasteiger partial charge in [-0.3, -0.25) is 9.69 Å². The molecule has 24 heavy (non-hydrogen) atoms. The molecule has 0 saturated carbocycles. The van der Waals surface area contributed by atoms with E-state index in [2.05, 4.69) is 27.3 Å². The molecule has 1 aliphatic rings. The van der Waals surface area contributed by atoms with Crippen molar-refractivity contribution >= 4 is 5.91 Å². The maximum absolute atomic E-state index is 12.4. The van der Waals surface area contributed by atoms with E-state index in [1.807, 2.05) is 29.8 Å². The smallest absolute Gasteiger partial charge is 0.237 e. The standard InChI is InChI=1S/C18H24N4O2/c1-15(22-8-10-24-11-9-22)18(23)20-12-16-4-2-3-5-17(16)13-21-7-6-19-14-21/h2-7,14-15H,8-13H2,1H3,(H,20,23)/t15-/m1/s1. The summed E-state index contributed by atoms with van der Waals surface area (Å²) in [5.74, 6) is 0.0642. The lowest BCUT2D eigenvalue weighted by Crippen LogP contribution is -2.49. The molecule has 6 nitrogen and oxygen atoms in total. The maximum Gasteiger partial charge on any atom is 0.237 e. The molecule has 0 unspecified atom stereocenters. The van der Waals surface area contributed by atoms with Gasteiger partial charge in [0, 0.05) is 38.6 Å². The minimum atomic E-state index is -0.130. The van der Waals surface area contributed by atoms with E-state index in [0.29, 0.717) is 19.8 Å². The lowest BCUT2D eigenvalue weighted by Gasteiger charge is -2.31. The summed E-state index contributed by atoms with van der Waals surface area (Å²) in [5.41, 5.74) is 2.32. The fourth-order valence-corrected chi connectivity index (χ4v) is 2.92. The van der Waals surface area contributed by atoms with Gasteiger partial charge in [-0.25, -0.2) is 4.98 Å². The first kappa shape index (κ1) is 16.7. The van der Waals surface area contributed by atoms with Crippen molar-refractivity contribution in [1.82, 2.24) is 19.8 Å². The zero-order valence-corrected chi connectivity index (χ0v) is 14.0. The Balaban J connectivity index is 1.58. The average molecular weight is 328 g/mol. The largest absolute Gasteiger partial charge is 0.379 e. The number of nitrogens with one attached hydrogen (secondary N) is 1. The van der Waals surface area contributed by atoms with Gasteiger partial charge in [0.1, 0.15) is 0 Å². The molecular formula is C18H24N4O2. The Morgan fingerprint density at radius 1 is 1.29 bits per heavy atom. The van der Waals surface area contributed by atoms with E-state index in [9.17, 15) is 4.79 Å². The number of imidazole rings is 1. The Labute approximate surface area is 142 Å². The van der Waals surface area contributed by atoms with E-state index in [1.54, 1.807) is 12.5 Å². The molecule has 3 rings (SSSR count). The molecule has 0 aliphatic carbocycles. The highest BCUT2D eigenvalue weighted by atomic mass is 16.5. The number of morpholine rings is 1. The van der Waals surface area contributed by atoms with Crippen molar-refractivity contribution in [2.45, 2.75) is 26.1 Å². The molecule has 128 valence electrons. The lowest BCUT2D eigenvalue weighted by atomic mass is 10.1. The molecule has 1 fully saturated rings. The second kappa shape index (κ2) is 8.08. The Kier molecular flexibility index (Phi) is 5.61. The topological polar surface area (TPSA) is 59.4 Å². The van der Waals surface area contributed by atoms with Gasteiger partial charge < -0.3 is 14.6 Å². The highest BCUT2D eigenvalue weighted by Crippen LogP contribution is 2.11. The fourth-order valence-electron chi connectivity index (χ4n) is 2.92. The SMILES string of the molecule is C[C@H](C(=O)NCc1ccccc1Cn1ccnc1)N1CCOCC1. The van der Waals surface area contributed by atoms with Crippen molar-refractivity contribution in [3.8, 4) is 0 Å². The molecule has 1 atom stereocenters. The molecular weight excluding hydrogens is 304 g/mol. The molecule has 0 radical (unpaired) electrons. The van der Waals surface area contributed by atoms with Crippen LogP contribution in [-0.2, 0) is 22.6 Å². The van der Waals surface area contributed by atoms with E-state index in [-0.39, 0.29) is 11.9 Å².